The van der Waals surface area contributed by atoms with Crippen molar-refractivity contribution in [2.75, 3.05) is 14.2 Å². The second kappa shape index (κ2) is 7.99. The van der Waals surface area contributed by atoms with E-state index in [-0.39, 0.29) is 5.56 Å². The van der Waals surface area contributed by atoms with Gasteiger partial charge >= 0.3 is 17.2 Å². The summed E-state index contributed by atoms with van der Waals surface area (Å²) in [7, 11) is 2.59. The molecule has 144 valence electrons. The Bertz CT molecular complexity index is 863. The molecule has 0 radical (unpaired) electrons. The van der Waals surface area contributed by atoms with E-state index in [0.29, 0.717) is 12.8 Å². The minimum Gasteiger partial charge on any atom is -0.465 e. The van der Waals surface area contributed by atoms with Crippen LogP contribution in [0.1, 0.15) is 42.5 Å². The van der Waals surface area contributed by atoms with Crippen LogP contribution in [0.15, 0.2) is 17.1 Å². The van der Waals surface area contributed by atoms with E-state index in [4.69, 9.17) is 0 Å². The van der Waals surface area contributed by atoms with Crippen LogP contribution in [0, 0.1) is 21.4 Å². The van der Waals surface area contributed by atoms with Gasteiger partial charge in [-0.2, -0.15) is 5.26 Å². The number of amides is 1. The zero-order chi connectivity index (χ0) is 20.2. The summed E-state index contributed by atoms with van der Waals surface area (Å²) in [6, 6.07) is 3.02. The molecule has 2 rings (SSSR count). The molecule has 0 atom stereocenters. The number of nitriles is 1. The van der Waals surface area contributed by atoms with Gasteiger partial charge in [-0.05, 0) is 12.8 Å². The summed E-state index contributed by atoms with van der Waals surface area (Å²) >= 11 is 0. The van der Waals surface area contributed by atoms with Gasteiger partial charge in [0, 0.05) is 19.3 Å². The number of hydrogen-bond acceptors (Lipinski definition) is 7. The maximum atomic E-state index is 12.7. The molecule has 1 aliphatic rings. The topological polar surface area (TPSA) is 136 Å². The first kappa shape index (κ1) is 20.1. The second-order valence-corrected chi connectivity index (χ2v) is 6.45. The number of nitrogens with zero attached hydrogens (tertiary/aromatic N) is 4. The third-order valence-corrected chi connectivity index (χ3v) is 4.90. The summed E-state index contributed by atoms with van der Waals surface area (Å²) in [4.78, 5) is 48.2. The summed E-state index contributed by atoms with van der Waals surface area (Å²) in [5.74, 6) is -1.41. The van der Waals surface area contributed by atoms with Crippen LogP contribution in [-0.2, 0) is 16.1 Å². The number of nitro groups is 1. The molecule has 1 fully saturated rings. The average molecular weight is 376 g/mol. The SMILES string of the molecule is COC(=O)c1cc([N+](=O)[O-])c(=O)n(CC(=O)N(C)C2(C#N)CCCCC2)c1. The van der Waals surface area contributed by atoms with E-state index in [1.807, 2.05) is 0 Å². The van der Waals surface area contributed by atoms with Gasteiger partial charge in [-0.15, -0.1) is 0 Å². The smallest absolute Gasteiger partial charge is 0.339 e. The Morgan fingerprint density at radius 3 is 2.56 bits per heavy atom. The largest absolute Gasteiger partial charge is 0.465 e. The van der Waals surface area contributed by atoms with E-state index < -0.39 is 40.1 Å². The number of rotatable bonds is 5. The molecule has 1 saturated carbocycles. The lowest BCUT2D eigenvalue weighted by atomic mass is 9.81. The minimum absolute atomic E-state index is 0.216. The van der Waals surface area contributed by atoms with Crippen LogP contribution in [0.5, 0.6) is 0 Å². The molecule has 27 heavy (non-hydrogen) atoms. The van der Waals surface area contributed by atoms with Crippen molar-refractivity contribution in [3.8, 4) is 6.07 Å². The quantitative estimate of drug-likeness (QED) is 0.428. The van der Waals surface area contributed by atoms with Crippen molar-refractivity contribution in [2.45, 2.75) is 44.2 Å². The molecule has 0 unspecified atom stereocenters. The van der Waals surface area contributed by atoms with E-state index in [9.17, 15) is 29.8 Å². The summed E-state index contributed by atoms with van der Waals surface area (Å²) in [6.45, 7) is -0.523. The lowest BCUT2D eigenvalue weighted by Crippen LogP contribution is -2.51. The third kappa shape index (κ3) is 3.97. The Balaban J connectivity index is 2.38. The molecule has 1 aliphatic carbocycles. The first-order valence-electron chi connectivity index (χ1n) is 8.41. The van der Waals surface area contributed by atoms with Crippen molar-refractivity contribution in [3.05, 3.63) is 38.3 Å². The van der Waals surface area contributed by atoms with Crippen LogP contribution in [0.25, 0.3) is 0 Å². The number of esters is 1. The molecule has 1 aromatic heterocycles. The maximum absolute atomic E-state index is 12.7. The predicted octanol–water partition coefficient (Wildman–Crippen LogP) is 1.23. The van der Waals surface area contributed by atoms with Gasteiger partial charge in [-0.3, -0.25) is 24.3 Å². The van der Waals surface area contributed by atoms with Crippen LogP contribution in [-0.4, -0.2) is 46.0 Å². The number of methoxy groups -OCH3 is 1. The number of likely N-dealkylation sites (N-methyl/N-ethyl adjacent to an activating group) is 1. The molecule has 10 nitrogen and oxygen atoms in total. The molecule has 10 heteroatoms. The number of carbonyl (C=O) groups excluding carboxylic acids is 2. The van der Waals surface area contributed by atoms with Crippen molar-refractivity contribution in [2.24, 2.45) is 0 Å². The Labute approximate surface area is 155 Å². The fourth-order valence-corrected chi connectivity index (χ4v) is 3.25. The van der Waals surface area contributed by atoms with Crippen LogP contribution in [0.3, 0.4) is 0 Å². The highest BCUT2D eigenvalue weighted by Gasteiger charge is 2.39. The molecular formula is C17H20N4O6. The molecule has 0 spiro atoms. The van der Waals surface area contributed by atoms with E-state index >= 15 is 0 Å². The molecule has 0 bridgehead atoms. The molecule has 0 saturated heterocycles. The van der Waals surface area contributed by atoms with Gasteiger partial charge in [0.05, 0.1) is 23.7 Å². The van der Waals surface area contributed by atoms with Gasteiger partial charge in [0.25, 0.3) is 0 Å². The van der Waals surface area contributed by atoms with Crippen molar-refractivity contribution < 1.29 is 19.2 Å². The van der Waals surface area contributed by atoms with E-state index in [0.717, 1.165) is 43.2 Å². The molecule has 0 aliphatic heterocycles. The van der Waals surface area contributed by atoms with Crippen LogP contribution in [0.4, 0.5) is 5.69 Å². The standard InChI is InChI=1S/C17H20N4O6/c1-19(17(11-18)6-4-3-5-7-17)14(22)10-20-9-12(16(24)27-2)8-13(15(20)23)21(25)26/h8-9H,3-7,10H2,1-2H3. The monoisotopic (exact) mass is 376 g/mol. The lowest BCUT2D eigenvalue weighted by Gasteiger charge is -2.39. The number of carbonyl (C=O) groups is 2. The van der Waals surface area contributed by atoms with Gasteiger partial charge in [0.15, 0.2) is 0 Å². The molecule has 0 aromatic carbocycles. The average Bonchev–Trinajstić information content (AvgIpc) is 2.68. The third-order valence-electron chi connectivity index (χ3n) is 4.90. The van der Waals surface area contributed by atoms with Gasteiger partial charge in [0.2, 0.25) is 5.91 Å². The van der Waals surface area contributed by atoms with Gasteiger partial charge < -0.3 is 9.64 Å². The normalized spacial score (nSPS) is 15.4. The number of aromatic nitrogens is 1. The van der Waals surface area contributed by atoms with E-state index in [1.165, 1.54) is 11.9 Å². The number of ether oxygens (including phenoxy) is 1. The van der Waals surface area contributed by atoms with Crippen molar-refractivity contribution in [1.29, 1.82) is 5.26 Å². The van der Waals surface area contributed by atoms with Crippen molar-refractivity contribution in [3.63, 3.8) is 0 Å². The maximum Gasteiger partial charge on any atom is 0.339 e. The fraction of sp³-hybridized carbons (Fsp3) is 0.529. The number of hydrogen-bond donors (Lipinski definition) is 0. The lowest BCUT2D eigenvalue weighted by molar-refractivity contribution is -0.386. The molecule has 0 N–H and O–H groups in total. The van der Waals surface area contributed by atoms with E-state index in [2.05, 4.69) is 10.8 Å². The zero-order valence-corrected chi connectivity index (χ0v) is 15.1. The van der Waals surface area contributed by atoms with Gasteiger partial charge in [0.1, 0.15) is 12.1 Å². The Hall–Kier alpha value is -3.22. The second-order valence-electron chi connectivity index (χ2n) is 6.45. The minimum atomic E-state index is -1.01. The predicted molar refractivity (Wildman–Crippen MR) is 92.9 cm³/mol. The first-order chi connectivity index (χ1) is 12.8. The highest BCUT2D eigenvalue weighted by Crippen LogP contribution is 2.32. The Morgan fingerprint density at radius 1 is 1.41 bits per heavy atom. The summed E-state index contributed by atoms with van der Waals surface area (Å²) in [5, 5.41) is 20.7. The Kier molecular flexibility index (Phi) is 5.95. The highest BCUT2D eigenvalue weighted by molar-refractivity contribution is 5.89. The Morgan fingerprint density at radius 2 is 2.04 bits per heavy atom. The molecular weight excluding hydrogens is 356 g/mol. The molecule has 1 aromatic rings. The van der Waals surface area contributed by atoms with Gasteiger partial charge in [-0.1, -0.05) is 19.3 Å². The summed E-state index contributed by atoms with van der Waals surface area (Å²) in [5.41, 5.74) is -3.01. The van der Waals surface area contributed by atoms with E-state index in [1.54, 1.807) is 0 Å². The van der Waals surface area contributed by atoms with Crippen LogP contribution in [0.2, 0.25) is 0 Å². The highest BCUT2D eigenvalue weighted by atomic mass is 16.6. The summed E-state index contributed by atoms with van der Waals surface area (Å²) < 4.78 is 5.33. The van der Waals surface area contributed by atoms with Crippen molar-refractivity contribution >= 4 is 17.6 Å². The first-order valence-corrected chi connectivity index (χ1v) is 8.41. The van der Waals surface area contributed by atoms with Gasteiger partial charge in [-0.25, -0.2) is 4.79 Å². The molecule has 1 amide bonds. The fourth-order valence-electron chi connectivity index (χ4n) is 3.25. The van der Waals surface area contributed by atoms with Crippen LogP contribution < -0.4 is 5.56 Å². The molecule has 1 heterocycles. The number of pyridine rings is 1. The summed E-state index contributed by atoms with van der Waals surface area (Å²) in [6.07, 6.45) is 4.72. The van der Waals surface area contributed by atoms with Crippen LogP contribution >= 0.6 is 0 Å². The zero-order valence-electron chi connectivity index (χ0n) is 15.1. The van der Waals surface area contributed by atoms with Crippen molar-refractivity contribution in [1.82, 2.24) is 9.47 Å².